The lowest BCUT2D eigenvalue weighted by Gasteiger charge is -2.07. The van der Waals surface area contributed by atoms with Crippen molar-refractivity contribution >= 4 is 33.4 Å². The van der Waals surface area contributed by atoms with Crippen LogP contribution in [-0.4, -0.2) is 17.0 Å². The zero-order valence-corrected chi connectivity index (χ0v) is 12.9. The molecule has 0 spiro atoms. The van der Waals surface area contributed by atoms with Crippen molar-refractivity contribution in [1.82, 2.24) is 0 Å². The van der Waals surface area contributed by atoms with Gasteiger partial charge in [0.25, 0.3) is 5.91 Å². The average molecular weight is 348 g/mol. The Labute approximate surface area is 130 Å². The largest absolute Gasteiger partial charge is 0.409 e. The molecule has 21 heavy (non-hydrogen) atoms. The molecule has 108 valence electrons. The van der Waals surface area contributed by atoms with Gasteiger partial charge < -0.3 is 16.3 Å². The van der Waals surface area contributed by atoms with E-state index in [1.165, 1.54) is 0 Å². The molecule has 0 aromatic heterocycles. The molecule has 4 N–H and O–H groups in total. The van der Waals surface area contributed by atoms with Crippen LogP contribution in [0.25, 0.3) is 0 Å². The van der Waals surface area contributed by atoms with Gasteiger partial charge in [-0.1, -0.05) is 21.1 Å². The lowest BCUT2D eigenvalue weighted by molar-refractivity contribution is 0.102. The van der Waals surface area contributed by atoms with Gasteiger partial charge in [0.05, 0.1) is 0 Å². The minimum absolute atomic E-state index is 0.0245. The third-order valence-electron chi connectivity index (χ3n) is 2.97. The van der Waals surface area contributed by atoms with Crippen LogP contribution in [0, 0.1) is 6.92 Å². The van der Waals surface area contributed by atoms with Gasteiger partial charge >= 0.3 is 0 Å². The molecule has 0 aliphatic heterocycles. The number of aryl methyl sites for hydroxylation is 1. The highest BCUT2D eigenvalue weighted by atomic mass is 79.9. The van der Waals surface area contributed by atoms with E-state index in [-0.39, 0.29) is 11.7 Å². The second-order valence-electron chi connectivity index (χ2n) is 4.48. The van der Waals surface area contributed by atoms with Gasteiger partial charge in [-0.2, -0.15) is 0 Å². The van der Waals surface area contributed by atoms with Crippen molar-refractivity contribution in [3.05, 3.63) is 63.6 Å². The zero-order chi connectivity index (χ0) is 15.4. The Hall–Kier alpha value is -2.34. The molecule has 2 aromatic rings. The van der Waals surface area contributed by atoms with Crippen LogP contribution >= 0.6 is 15.9 Å². The maximum Gasteiger partial charge on any atom is 0.255 e. The Bertz CT molecular complexity index is 697. The highest BCUT2D eigenvalue weighted by Gasteiger charge is 2.08. The number of nitrogens with two attached hydrogens (primary N) is 1. The second kappa shape index (κ2) is 6.41. The Balaban J connectivity index is 2.14. The van der Waals surface area contributed by atoms with Gasteiger partial charge in [0.2, 0.25) is 0 Å². The fourth-order valence-electron chi connectivity index (χ4n) is 1.77. The third kappa shape index (κ3) is 3.61. The molecule has 0 heterocycles. The highest BCUT2D eigenvalue weighted by Crippen LogP contribution is 2.18. The molecule has 2 aromatic carbocycles. The van der Waals surface area contributed by atoms with Crippen molar-refractivity contribution in [3.8, 4) is 0 Å². The number of carbonyl (C=O) groups is 1. The van der Waals surface area contributed by atoms with Crippen LogP contribution in [0.15, 0.2) is 52.1 Å². The van der Waals surface area contributed by atoms with Crippen LogP contribution in [-0.2, 0) is 0 Å². The van der Waals surface area contributed by atoms with E-state index in [1.54, 1.807) is 30.3 Å². The maximum atomic E-state index is 12.1. The summed E-state index contributed by atoms with van der Waals surface area (Å²) in [5.74, 6) is -0.168. The first-order valence-corrected chi connectivity index (χ1v) is 6.96. The normalized spacial score (nSPS) is 11.2. The van der Waals surface area contributed by atoms with Crippen LogP contribution in [0.4, 0.5) is 5.69 Å². The van der Waals surface area contributed by atoms with Crippen LogP contribution in [0.5, 0.6) is 0 Å². The SMILES string of the molecule is Cc1cc(C(=O)Nc2ccc(/C(N)=N/O)cc2)ccc1Br. The summed E-state index contributed by atoms with van der Waals surface area (Å²) in [5.41, 5.74) is 8.26. The van der Waals surface area contributed by atoms with Crippen molar-refractivity contribution in [2.45, 2.75) is 6.92 Å². The molecule has 0 atom stereocenters. The molecule has 5 nitrogen and oxygen atoms in total. The number of nitrogens with zero attached hydrogens (tertiary/aromatic N) is 1. The lowest BCUT2D eigenvalue weighted by Crippen LogP contribution is -2.14. The van der Waals surface area contributed by atoms with E-state index in [4.69, 9.17) is 10.9 Å². The molecule has 2 rings (SSSR count). The molecule has 0 saturated carbocycles. The van der Waals surface area contributed by atoms with Crippen LogP contribution in [0.3, 0.4) is 0 Å². The summed E-state index contributed by atoms with van der Waals surface area (Å²) in [6.07, 6.45) is 0. The van der Waals surface area contributed by atoms with Gasteiger partial charge in [0, 0.05) is 21.3 Å². The molecule has 0 radical (unpaired) electrons. The molecule has 0 aliphatic carbocycles. The fraction of sp³-hybridized carbons (Fsp3) is 0.0667. The Kier molecular flexibility index (Phi) is 4.59. The average Bonchev–Trinajstić information content (AvgIpc) is 2.50. The molecule has 0 unspecified atom stereocenters. The fourth-order valence-corrected chi connectivity index (χ4v) is 2.02. The van der Waals surface area contributed by atoms with E-state index in [0.29, 0.717) is 16.8 Å². The van der Waals surface area contributed by atoms with Gasteiger partial charge in [0.15, 0.2) is 5.84 Å². The molecule has 0 saturated heterocycles. The van der Waals surface area contributed by atoms with Gasteiger partial charge in [-0.25, -0.2) is 0 Å². The molecule has 0 bridgehead atoms. The molecular weight excluding hydrogens is 334 g/mol. The molecule has 1 amide bonds. The number of amides is 1. The first-order chi connectivity index (χ1) is 10.0. The van der Waals surface area contributed by atoms with Gasteiger partial charge in [-0.3, -0.25) is 4.79 Å². The summed E-state index contributed by atoms with van der Waals surface area (Å²) in [4.78, 5) is 12.1. The van der Waals surface area contributed by atoms with Crippen molar-refractivity contribution in [3.63, 3.8) is 0 Å². The first kappa shape index (κ1) is 15.1. The minimum atomic E-state index is -0.192. The van der Waals surface area contributed by atoms with Gasteiger partial charge in [-0.05, 0) is 55.0 Å². The first-order valence-electron chi connectivity index (χ1n) is 6.16. The van der Waals surface area contributed by atoms with E-state index in [2.05, 4.69) is 26.4 Å². The predicted molar refractivity (Wildman–Crippen MR) is 85.8 cm³/mol. The number of nitrogens with one attached hydrogen (secondary N) is 1. The lowest BCUT2D eigenvalue weighted by atomic mass is 10.1. The highest BCUT2D eigenvalue weighted by molar-refractivity contribution is 9.10. The summed E-state index contributed by atoms with van der Waals surface area (Å²) in [5, 5.41) is 14.3. The Morgan fingerprint density at radius 3 is 2.38 bits per heavy atom. The number of hydrogen-bond acceptors (Lipinski definition) is 3. The number of carbonyl (C=O) groups excluding carboxylic acids is 1. The van der Waals surface area contributed by atoms with Gasteiger partial charge in [0.1, 0.15) is 0 Å². The Morgan fingerprint density at radius 2 is 1.81 bits per heavy atom. The summed E-state index contributed by atoms with van der Waals surface area (Å²) in [6.45, 7) is 1.92. The summed E-state index contributed by atoms with van der Waals surface area (Å²) < 4.78 is 0.960. The minimum Gasteiger partial charge on any atom is -0.409 e. The number of halogens is 1. The summed E-state index contributed by atoms with van der Waals surface area (Å²) in [6, 6.07) is 12.1. The smallest absolute Gasteiger partial charge is 0.255 e. The second-order valence-corrected chi connectivity index (χ2v) is 5.34. The Morgan fingerprint density at radius 1 is 1.19 bits per heavy atom. The van der Waals surface area contributed by atoms with E-state index < -0.39 is 0 Å². The molecular formula is C15H14BrN3O2. The van der Waals surface area contributed by atoms with Crippen molar-refractivity contribution < 1.29 is 10.0 Å². The van der Waals surface area contributed by atoms with Gasteiger partial charge in [-0.15, -0.1) is 0 Å². The van der Waals surface area contributed by atoms with E-state index in [1.807, 2.05) is 19.1 Å². The van der Waals surface area contributed by atoms with E-state index in [9.17, 15) is 4.79 Å². The van der Waals surface area contributed by atoms with E-state index >= 15 is 0 Å². The number of oxime groups is 1. The number of anilines is 1. The van der Waals surface area contributed by atoms with Crippen molar-refractivity contribution in [1.29, 1.82) is 0 Å². The maximum absolute atomic E-state index is 12.1. The topological polar surface area (TPSA) is 87.7 Å². The summed E-state index contributed by atoms with van der Waals surface area (Å²) in [7, 11) is 0. The van der Waals surface area contributed by atoms with Crippen molar-refractivity contribution in [2.75, 3.05) is 5.32 Å². The van der Waals surface area contributed by atoms with Crippen LogP contribution < -0.4 is 11.1 Å². The third-order valence-corrected chi connectivity index (χ3v) is 3.86. The quantitative estimate of drug-likeness (QED) is 0.345. The van der Waals surface area contributed by atoms with Crippen molar-refractivity contribution in [2.24, 2.45) is 10.9 Å². The predicted octanol–water partition coefficient (Wildman–Crippen LogP) is 3.10. The van der Waals surface area contributed by atoms with E-state index in [0.717, 1.165) is 10.0 Å². The monoisotopic (exact) mass is 347 g/mol. The zero-order valence-electron chi connectivity index (χ0n) is 11.3. The number of benzene rings is 2. The van der Waals surface area contributed by atoms with Crippen LogP contribution in [0.1, 0.15) is 21.5 Å². The standard InChI is InChI=1S/C15H14BrN3O2/c1-9-8-11(4-7-13(9)16)15(20)18-12-5-2-10(3-6-12)14(17)19-21/h2-8,21H,1H3,(H2,17,19)(H,18,20). The van der Waals surface area contributed by atoms with Crippen LogP contribution in [0.2, 0.25) is 0 Å². The molecule has 0 aliphatic rings. The number of rotatable bonds is 3. The molecule has 0 fully saturated rings. The number of hydrogen-bond donors (Lipinski definition) is 3. The summed E-state index contributed by atoms with van der Waals surface area (Å²) >= 11 is 3.40. The number of amidine groups is 1. The molecule has 6 heteroatoms.